The second-order valence-corrected chi connectivity index (χ2v) is 7.84. The van der Waals surface area contributed by atoms with Crippen molar-refractivity contribution in [2.45, 2.75) is 25.4 Å². The number of hydrogen-bond acceptors (Lipinski definition) is 4. The Bertz CT molecular complexity index is 705. The molecule has 0 aliphatic carbocycles. The Morgan fingerprint density at radius 3 is 2.65 bits per heavy atom. The van der Waals surface area contributed by atoms with Crippen LogP contribution < -0.4 is 5.32 Å². The van der Waals surface area contributed by atoms with Crippen molar-refractivity contribution in [2.75, 3.05) is 18.6 Å². The Morgan fingerprint density at radius 2 is 2.04 bits per heavy atom. The molecular formula is C15H19FN2O4S. The lowest BCUT2D eigenvalue weighted by molar-refractivity contribution is -0.136. The van der Waals surface area contributed by atoms with Gasteiger partial charge in [0.15, 0.2) is 9.84 Å². The van der Waals surface area contributed by atoms with E-state index in [2.05, 4.69) is 5.32 Å². The van der Waals surface area contributed by atoms with E-state index in [-0.39, 0.29) is 30.5 Å². The van der Waals surface area contributed by atoms with Gasteiger partial charge in [-0.1, -0.05) is 18.2 Å². The normalized spacial score (nSPS) is 19.3. The molecular weight excluding hydrogens is 323 g/mol. The average Bonchev–Trinajstić information content (AvgIpc) is 2.85. The summed E-state index contributed by atoms with van der Waals surface area (Å²) in [5, 5.41) is 2.49. The van der Waals surface area contributed by atoms with Crippen molar-refractivity contribution in [1.29, 1.82) is 0 Å². The SMILES string of the molecule is CN(C(=O)CC(=O)NCc1ccccc1F)C1CCS(=O)(=O)C1. The molecule has 2 amide bonds. The molecule has 1 aromatic carbocycles. The fourth-order valence-electron chi connectivity index (χ4n) is 2.44. The zero-order valence-corrected chi connectivity index (χ0v) is 13.6. The first-order valence-electron chi connectivity index (χ1n) is 7.24. The maximum atomic E-state index is 13.4. The lowest BCUT2D eigenvalue weighted by Gasteiger charge is -2.23. The molecule has 126 valence electrons. The zero-order valence-electron chi connectivity index (χ0n) is 12.8. The lowest BCUT2D eigenvalue weighted by Crippen LogP contribution is -2.40. The van der Waals surface area contributed by atoms with E-state index in [1.54, 1.807) is 18.2 Å². The van der Waals surface area contributed by atoms with Gasteiger partial charge in [-0.25, -0.2) is 12.8 Å². The number of sulfone groups is 1. The Kier molecular flexibility index (Phi) is 5.35. The number of halogens is 1. The van der Waals surface area contributed by atoms with E-state index < -0.39 is 27.5 Å². The molecule has 1 aromatic rings. The molecule has 1 saturated heterocycles. The molecule has 23 heavy (non-hydrogen) atoms. The van der Waals surface area contributed by atoms with Crippen LogP contribution in [0, 0.1) is 5.82 Å². The Labute approximate surface area is 134 Å². The molecule has 0 saturated carbocycles. The third-order valence-electron chi connectivity index (χ3n) is 3.90. The van der Waals surface area contributed by atoms with Gasteiger partial charge in [0, 0.05) is 25.2 Å². The highest BCUT2D eigenvalue weighted by molar-refractivity contribution is 7.91. The van der Waals surface area contributed by atoms with Crippen molar-refractivity contribution in [3.05, 3.63) is 35.6 Å². The number of benzene rings is 1. The molecule has 0 spiro atoms. The van der Waals surface area contributed by atoms with Gasteiger partial charge in [0.05, 0.1) is 11.5 Å². The van der Waals surface area contributed by atoms with E-state index in [0.717, 1.165) is 0 Å². The predicted octanol–water partition coefficient (Wildman–Crippen LogP) is 0.478. The van der Waals surface area contributed by atoms with Crippen LogP contribution in [0.25, 0.3) is 0 Å². The summed E-state index contributed by atoms with van der Waals surface area (Å²) in [7, 11) is -1.59. The summed E-state index contributed by atoms with van der Waals surface area (Å²) in [5.41, 5.74) is 0.337. The minimum atomic E-state index is -3.09. The van der Waals surface area contributed by atoms with Crippen LogP contribution in [0.15, 0.2) is 24.3 Å². The summed E-state index contributed by atoms with van der Waals surface area (Å²) in [6.07, 6.45) is 0.00290. The van der Waals surface area contributed by atoms with Gasteiger partial charge in [0.2, 0.25) is 11.8 Å². The number of carbonyl (C=O) groups excluding carboxylic acids is 2. The number of carbonyl (C=O) groups is 2. The zero-order chi connectivity index (χ0) is 17.0. The van der Waals surface area contributed by atoms with Crippen molar-refractivity contribution in [2.24, 2.45) is 0 Å². The molecule has 0 radical (unpaired) electrons. The van der Waals surface area contributed by atoms with Crippen LogP contribution in [-0.2, 0) is 26.0 Å². The molecule has 1 fully saturated rings. The monoisotopic (exact) mass is 342 g/mol. The van der Waals surface area contributed by atoms with Crippen molar-refractivity contribution in [3.8, 4) is 0 Å². The smallest absolute Gasteiger partial charge is 0.232 e. The number of nitrogens with zero attached hydrogens (tertiary/aromatic N) is 1. The van der Waals surface area contributed by atoms with Crippen LogP contribution in [0.2, 0.25) is 0 Å². The first kappa shape index (κ1) is 17.4. The number of amides is 2. The molecule has 1 aliphatic heterocycles. The van der Waals surface area contributed by atoms with Crippen molar-refractivity contribution < 1.29 is 22.4 Å². The van der Waals surface area contributed by atoms with Crippen LogP contribution in [0.3, 0.4) is 0 Å². The van der Waals surface area contributed by atoms with Crippen molar-refractivity contribution >= 4 is 21.7 Å². The second-order valence-electron chi connectivity index (χ2n) is 5.61. The number of rotatable bonds is 5. The maximum absolute atomic E-state index is 13.4. The van der Waals surface area contributed by atoms with E-state index >= 15 is 0 Å². The maximum Gasteiger partial charge on any atom is 0.232 e. The standard InChI is InChI=1S/C15H19FN2O4S/c1-18(12-6-7-23(21,22)10-12)15(20)8-14(19)17-9-11-4-2-3-5-13(11)16/h2-5,12H,6-10H2,1H3,(H,17,19). The second kappa shape index (κ2) is 7.08. The minimum absolute atomic E-state index is 0.000306. The molecule has 8 heteroatoms. The quantitative estimate of drug-likeness (QED) is 0.789. The van der Waals surface area contributed by atoms with Gasteiger partial charge in [-0.05, 0) is 12.5 Å². The van der Waals surface area contributed by atoms with E-state index in [4.69, 9.17) is 0 Å². The van der Waals surface area contributed by atoms with E-state index in [0.29, 0.717) is 12.0 Å². The van der Waals surface area contributed by atoms with Gasteiger partial charge >= 0.3 is 0 Å². The molecule has 1 atom stereocenters. The third-order valence-corrected chi connectivity index (χ3v) is 5.65. The van der Waals surface area contributed by atoms with Gasteiger partial charge in [-0.15, -0.1) is 0 Å². The molecule has 1 unspecified atom stereocenters. The highest BCUT2D eigenvalue weighted by atomic mass is 32.2. The van der Waals surface area contributed by atoms with Crippen LogP contribution >= 0.6 is 0 Å². The Balaban J connectivity index is 1.83. The summed E-state index contributed by atoms with van der Waals surface area (Å²) < 4.78 is 36.3. The van der Waals surface area contributed by atoms with Gasteiger partial charge in [-0.3, -0.25) is 9.59 Å². The molecule has 1 heterocycles. The van der Waals surface area contributed by atoms with Gasteiger partial charge < -0.3 is 10.2 Å². The highest BCUT2D eigenvalue weighted by Crippen LogP contribution is 2.17. The first-order valence-corrected chi connectivity index (χ1v) is 9.07. The summed E-state index contributed by atoms with van der Waals surface area (Å²) in [6.45, 7) is 0.000306. The van der Waals surface area contributed by atoms with Gasteiger partial charge in [0.25, 0.3) is 0 Å². The van der Waals surface area contributed by atoms with Crippen LogP contribution in [0.4, 0.5) is 4.39 Å². The summed E-state index contributed by atoms with van der Waals surface area (Å²) in [5.74, 6) is -1.39. The number of nitrogens with one attached hydrogen (secondary N) is 1. The summed E-state index contributed by atoms with van der Waals surface area (Å²) in [6, 6.07) is 5.67. The Morgan fingerprint density at radius 1 is 1.35 bits per heavy atom. The van der Waals surface area contributed by atoms with Crippen LogP contribution in [0.5, 0.6) is 0 Å². The molecule has 0 bridgehead atoms. The molecule has 1 aliphatic rings. The topological polar surface area (TPSA) is 83.6 Å². The minimum Gasteiger partial charge on any atom is -0.351 e. The van der Waals surface area contributed by atoms with Crippen LogP contribution in [0.1, 0.15) is 18.4 Å². The van der Waals surface area contributed by atoms with E-state index in [9.17, 15) is 22.4 Å². The lowest BCUT2D eigenvalue weighted by atomic mass is 10.2. The summed E-state index contributed by atoms with van der Waals surface area (Å²) >= 11 is 0. The largest absolute Gasteiger partial charge is 0.351 e. The fourth-order valence-corrected chi connectivity index (χ4v) is 4.22. The molecule has 6 nitrogen and oxygen atoms in total. The highest BCUT2D eigenvalue weighted by Gasteiger charge is 2.33. The molecule has 2 rings (SSSR count). The molecule has 0 aromatic heterocycles. The van der Waals surface area contributed by atoms with Crippen LogP contribution in [-0.4, -0.2) is 49.7 Å². The van der Waals surface area contributed by atoms with Gasteiger partial charge in [-0.2, -0.15) is 0 Å². The van der Waals surface area contributed by atoms with Gasteiger partial charge in [0.1, 0.15) is 12.2 Å². The fraction of sp³-hybridized carbons (Fsp3) is 0.467. The number of hydrogen-bond donors (Lipinski definition) is 1. The van der Waals surface area contributed by atoms with Crippen molar-refractivity contribution in [3.63, 3.8) is 0 Å². The predicted molar refractivity (Wildman–Crippen MR) is 82.7 cm³/mol. The average molecular weight is 342 g/mol. The Hall–Kier alpha value is -1.96. The third kappa shape index (κ3) is 4.75. The van der Waals surface area contributed by atoms with Crippen molar-refractivity contribution in [1.82, 2.24) is 10.2 Å². The first-order chi connectivity index (χ1) is 10.8. The molecule has 1 N–H and O–H groups in total. The van der Waals surface area contributed by atoms with E-state index in [1.165, 1.54) is 18.0 Å². The summed E-state index contributed by atoms with van der Waals surface area (Å²) in [4.78, 5) is 25.1. The van der Waals surface area contributed by atoms with E-state index in [1.807, 2.05) is 0 Å².